The molecule has 1 unspecified atom stereocenters. The molecule has 0 N–H and O–H groups in total. The van der Waals surface area contributed by atoms with Gasteiger partial charge >= 0.3 is 0 Å². The van der Waals surface area contributed by atoms with Crippen molar-refractivity contribution in [2.75, 3.05) is 0 Å². The number of hydrogen-bond acceptors (Lipinski definition) is 1. The molecule has 0 spiro atoms. The lowest BCUT2D eigenvalue weighted by Gasteiger charge is -2.17. The molecule has 0 fully saturated rings. The van der Waals surface area contributed by atoms with Crippen LogP contribution in [0.5, 0.6) is 0 Å². The third-order valence-electron chi connectivity index (χ3n) is 4.28. The second-order valence-electron chi connectivity index (χ2n) is 5.76. The minimum absolute atomic E-state index is 0.675. The number of rotatable bonds is 1. The molecular weight excluding hydrogens is 194 g/mol. The van der Waals surface area contributed by atoms with Crippen molar-refractivity contribution in [2.24, 2.45) is 0 Å². The molecule has 0 aromatic carbocycles. The second kappa shape index (κ2) is 3.58. The van der Waals surface area contributed by atoms with Gasteiger partial charge < -0.3 is 0 Å². The highest BCUT2D eigenvalue weighted by molar-refractivity contribution is 5.47. The molecule has 16 heavy (non-hydrogen) atoms. The van der Waals surface area contributed by atoms with Gasteiger partial charge in [-0.3, -0.25) is 4.98 Å². The molecule has 1 atom stereocenters. The molecular formula is C15H21N. The lowest BCUT2D eigenvalue weighted by atomic mass is 9.91. The minimum Gasteiger partial charge on any atom is -0.257 e. The molecule has 2 aliphatic carbocycles. The van der Waals surface area contributed by atoms with Gasteiger partial charge in [-0.05, 0) is 60.6 Å². The lowest BCUT2D eigenvalue weighted by molar-refractivity contribution is 0.726. The summed E-state index contributed by atoms with van der Waals surface area (Å²) in [5.74, 6) is 1.37. The quantitative estimate of drug-likeness (QED) is 0.695. The van der Waals surface area contributed by atoms with Crippen molar-refractivity contribution in [1.29, 1.82) is 0 Å². The molecule has 1 aromatic rings. The zero-order chi connectivity index (χ0) is 11.3. The van der Waals surface area contributed by atoms with Gasteiger partial charge in [0.05, 0.1) is 0 Å². The van der Waals surface area contributed by atoms with E-state index in [2.05, 4.69) is 20.8 Å². The van der Waals surface area contributed by atoms with E-state index in [9.17, 15) is 0 Å². The van der Waals surface area contributed by atoms with Crippen LogP contribution in [0.2, 0.25) is 0 Å². The summed E-state index contributed by atoms with van der Waals surface area (Å²) in [5, 5.41) is 0. The maximum atomic E-state index is 4.96. The van der Waals surface area contributed by atoms with E-state index in [1.54, 1.807) is 16.7 Å². The Kier molecular flexibility index (Phi) is 2.31. The first-order chi connectivity index (χ1) is 7.68. The van der Waals surface area contributed by atoms with Gasteiger partial charge in [-0.2, -0.15) is 0 Å². The Hall–Kier alpha value is -0.850. The summed E-state index contributed by atoms with van der Waals surface area (Å²) in [6, 6.07) is 0. The summed E-state index contributed by atoms with van der Waals surface area (Å²) in [4.78, 5) is 4.96. The Balaban J connectivity index is 2.25. The number of nitrogens with zero attached hydrogens (tertiary/aromatic N) is 1. The van der Waals surface area contributed by atoms with Crippen molar-refractivity contribution in [2.45, 2.75) is 64.7 Å². The van der Waals surface area contributed by atoms with Crippen LogP contribution >= 0.6 is 0 Å². The summed E-state index contributed by atoms with van der Waals surface area (Å²) in [6.07, 6.45) is 6.39. The van der Waals surface area contributed by atoms with Crippen molar-refractivity contribution in [3.05, 3.63) is 28.1 Å². The largest absolute Gasteiger partial charge is 0.257 e. The Morgan fingerprint density at radius 2 is 1.94 bits per heavy atom. The predicted octanol–water partition coefficient (Wildman–Crippen LogP) is 3.74. The average Bonchev–Trinajstić information content (AvgIpc) is 2.82. The Labute approximate surface area is 98.3 Å². The Morgan fingerprint density at radius 1 is 1.12 bits per heavy atom. The third-order valence-corrected chi connectivity index (χ3v) is 4.28. The number of fused-ring (bicyclic) bond motifs is 2. The monoisotopic (exact) mass is 215 g/mol. The normalized spacial score (nSPS) is 22.6. The van der Waals surface area contributed by atoms with Gasteiger partial charge in [0.2, 0.25) is 0 Å². The second-order valence-corrected chi connectivity index (χ2v) is 5.76. The fraction of sp³-hybridized carbons (Fsp3) is 0.667. The van der Waals surface area contributed by atoms with Crippen molar-refractivity contribution in [3.8, 4) is 0 Å². The number of aromatic nitrogens is 1. The summed E-state index contributed by atoms with van der Waals surface area (Å²) in [7, 11) is 0. The third kappa shape index (κ3) is 1.33. The van der Waals surface area contributed by atoms with E-state index in [0.717, 1.165) is 0 Å². The highest BCUT2D eigenvalue weighted by Crippen LogP contribution is 2.40. The van der Waals surface area contributed by atoms with E-state index in [4.69, 9.17) is 4.98 Å². The Morgan fingerprint density at radius 3 is 2.69 bits per heavy atom. The fourth-order valence-corrected chi connectivity index (χ4v) is 3.54. The van der Waals surface area contributed by atoms with E-state index in [1.165, 1.54) is 43.5 Å². The highest BCUT2D eigenvalue weighted by atomic mass is 14.8. The van der Waals surface area contributed by atoms with Crippen LogP contribution in [0.15, 0.2) is 0 Å². The average molecular weight is 215 g/mol. The van der Waals surface area contributed by atoms with Crippen LogP contribution in [-0.2, 0) is 19.3 Å². The predicted molar refractivity (Wildman–Crippen MR) is 67.1 cm³/mol. The molecule has 1 heterocycles. The topological polar surface area (TPSA) is 12.9 Å². The first kappa shape index (κ1) is 10.3. The molecule has 0 saturated heterocycles. The van der Waals surface area contributed by atoms with Gasteiger partial charge in [-0.25, -0.2) is 0 Å². The van der Waals surface area contributed by atoms with Gasteiger partial charge in [-0.1, -0.05) is 20.8 Å². The van der Waals surface area contributed by atoms with Gasteiger partial charge in [0, 0.05) is 11.4 Å². The Bertz CT molecular complexity index is 432. The van der Waals surface area contributed by atoms with E-state index in [1.807, 2.05) is 0 Å². The van der Waals surface area contributed by atoms with Crippen LogP contribution in [-0.4, -0.2) is 4.98 Å². The molecule has 0 aliphatic heterocycles. The standard InChI is InChI=1S/C15H21N/c1-9(2)14-11-5-4-6-13(11)16-15-10(3)7-8-12(14)15/h9-10H,4-8H2,1-3H3. The molecule has 1 nitrogen and oxygen atoms in total. The van der Waals surface area contributed by atoms with E-state index in [0.29, 0.717) is 11.8 Å². The van der Waals surface area contributed by atoms with Crippen molar-refractivity contribution in [1.82, 2.24) is 4.98 Å². The zero-order valence-corrected chi connectivity index (χ0v) is 10.6. The van der Waals surface area contributed by atoms with Gasteiger partial charge in [0.15, 0.2) is 0 Å². The summed E-state index contributed by atoms with van der Waals surface area (Å²) in [5.41, 5.74) is 7.76. The molecule has 1 heteroatoms. The molecule has 0 radical (unpaired) electrons. The fourth-order valence-electron chi connectivity index (χ4n) is 3.54. The first-order valence-electron chi connectivity index (χ1n) is 6.73. The molecule has 3 rings (SSSR count). The molecule has 1 aromatic heterocycles. The molecule has 0 saturated carbocycles. The molecule has 0 bridgehead atoms. The van der Waals surface area contributed by atoms with E-state index in [-0.39, 0.29) is 0 Å². The summed E-state index contributed by atoms with van der Waals surface area (Å²) < 4.78 is 0. The maximum absolute atomic E-state index is 4.96. The van der Waals surface area contributed by atoms with Crippen molar-refractivity contribution in [3.63, 3.8) is 0 Å². The number of aryl methyl sites for hydroxylation is 1. The van der Waals surface area contributed by atoms with E-state index < -0.39 is 0 Å². The van der Waals surface area contributed by atoms with Crippen LogP contribution in [0, 0.1) is 0 Å². The van der Waals surface area contributed by atoms with Crippen LogP contribution in [0.25, 0.3) is 0 Å². The van der Waals surface area contributed by atoms with Crippen LogP contribution < -0.4 is 0 Å². The molecule has 86 valence electrons. The van der Waals surface area contributed by atoms with Crippen LogP contribution in [0.4, 0.5) is 0 Å². The number of hydrogen-bond donors (Lipinski definition) is 0. The van der Waals surface area contributed by atoms with Gasteiger partial charge in [0.1, 0.15) is 0 Å². The number of pyridine rings is 1. The smallest absolute Gasteiger partial charge is 0.0470 e. The minimum atomic E-state index is 0.675. The van der Waals surface area contributed by atoms with Crippen LogP contribution in [0.3, 0.4) is 0 Å². The molecule has 2 aliphatic rings. The summed E-state index contributed by atoms with van der Waals surface area (Å²) in [6.45, 7) is 7.03. The zero-order valence-electron chi connectivity index (χ0n) is 10.6. The first-order valence-corrected chi connectivity index (χ1v) is 6.73. The van der Waals surface area contributed by atoms with Crippen molar-refractivity contribution < 1.29 is 0 Å². The van der Waals surface area contributed by atoms with Gasteiger partial charge in [0.25, 0.3) is 0 Å². The highest BCUT2D eigenvalue weighted by Gasteiger charge is 2.29. The molecule has 0 amide bonds. The SMILES string of the molecule is CC(C)c1c2c(nc3c1CCC3C)CCC2. The van der Waals surface area contributed by atoms with Crippen LogP contribution in [0.1, 0.15) is 73.5 Å². The van der Waals surface area contributed by atoms with E-state index >= 15 is 0 Å². The summed E-state index contributed by atoms with van der Waals surface area (Å²) >= 11 is 0. The van der Waals surface area contributed by atoms with Crippen molar-refractivity contribution >= 4 is 0 Å². The lowest BCUT2D eigenvalue weighted by Crippen LogP contribution is -2.06. The van der Waals surface area contributed by atoms with Gasteiger partial charge in [-0.15, -0.1) is 0 Å². The maximum Gasteiger partial charge on any atom is 0.0470 e.